The lowest BCUT2D eigenvalue weighted by atomic mass is 9.86. The van der Waals surface area contributed by atoms with Gasteiger partial charge in [-0.15, -0.1) is 0 Å². The molecule has 0 aromatic heterocycles. The molecule has 2 amide bonds. The molecule has 33 heavy (non-hydrogen) atoms. The van der Waals surface area contributed by atoms with E-state index in [1.165, 1.54) is 5.57 Å². The molecule has 4 aliphatic rings. The van der Waals surface area contributed by atoms with Gasteiger partial charge in [0.25, 0.3) is 5.91 Å². The van der Waals surface area contributed by atoms with Gasteiger partial charge in [0, 0.05) is 64.6 Å². The summed E-state index contributed by atoms with van der Waals surface area (Å²) in [7, 11) is 1.61. The highest BCUT2D eigenvalue weighted by Crippen LogP contribution is 2.25. The number of fused-ring (bicyclic) bond motifs is 1. The third-order valence-corrected chi connectivity index (χ3v) is 6.97. The maximum atomic E-state index is 12.2. The highest BCUT2D eigenvalue weighted by Gasteiger charge is 2.35. The number of nitrogens with zero attached hydrogens (tertiary/aromatic N) is 4. The van der Waals surface area contributed by atoms with E-state index in [4.69, 9.17) is 9.73 Å². The van der Waals surface area contributed by atoms with Gasteiger partial charge in [0.05, 0.1) is 25.2 Å². The average Bonchev–Trinajstić information content (AvgIpc) is 2.84. The Morgan fingerprint density at radius 2 is 2.12 bits per heavy atom. The quantitative estimate of drug-likeness (QED) is 0.503. The van der Waals surface area contributed by atoms with Crippen LogP contribution in [0.1, 0.15) is 19.8 Å². The standard InChI is InChI=1S/C24H36N6O3/c1-3-18-13-21-22(28-23(18)31)12-17(14-26-21)16-29-7-9-30(10-8-29)19-4-5-20(27-15-19)24(32)25-6-11-33-2/h4-5,12,14,18-19,21-22H,3,6-11,13,15-16H2,1-2H3,(H,25,32)(H,28,31). The van der Waals surface area contributed by atoms with Crippen molar-refractivity contribution in [1.29, 1.82) is 0 Å². The number of nitrogens with one attached hydrogen (secondary N) is 2. The summed E-state index contributed by atoms with van der Waals surface area (Å²) in [6.45, 7) is 8.39. The van der Waals surface area contributed by atoms with Crippen LogP contribution in [0.5, 0.6) is 0 Å². The van der Waals surface area contributed by atoms with Gasteiger partial charge in [-0.3, -0.25) is 29.4 Å². The monoisotopic (exact) mass is 456 g/mol. The molecule has 4 unspecified atom stereocenters. The van der Waals surface area contributed by atoms with Crippen molar-refractivity contribution in [3.63, 3.8) is 0 Å². The van der Waals surface area contributed by atoms with Crippen LogP contribution in [-0.2, 0) is 14.3 Å². The average molecular weight is 457 g/mol. The number of methoxy groups -OCH3 is 1. The molecule has 0 aromatic rings. The number of piperazine rings is 1. The summed E-state index contributed by atoms with van der Waals surface area (Å²) in [6, 6.07) is 0.453. The number of rotatable bonds is 8. The number of amides is 2. The molecule has 0 spiro atoms. The number of aliphatic imine (C=N–C) groups is 2. The lowest BCUT2D eigenvalue weighted by molar-refractivity contribution is -0.127. The zero-order valence-electron chi connectivity index (χ0n) is 19.7. The molecule has 9 heteroatoms. The summed E-state index contributed by atoms with van der Waals surface area (Å²) in [4.78, 5) is 38.5. The number of hydrogen-bond donors (Lipinski definition) is 2. The molecule has 0 saturated carbocycles. The Labute approximate surface area is 196 Å². The fraction of sp³-hybridized carbons (Fsp3) is 0.667. The molecule has 4 aliphatic heterocycles. The maximum absolute atomic E-state index is 12.2. The van der Waals surface area contributed by atoms with Gasteiger partial charge in [-0.25, -0.2) is 0 Å². The van der Waals surface area contributed by atoms with Crippen molar-refractivity contribution in [3.05, 3.63) is 23.8 Å². The van der Waals surface area contributed by atoms with Crippen molar-refractivity contribution in [2.24, 2.45) is 15.9 Å². The molecule has 9 nitrogen and oxygen atoms in total. The van der Waals surface area contributed by atoms with Gasteiger partial charge in [0.2, 0.25) is 5.91 Å². The minimum Gasteiger partial charge on any atom is -0.383 e. The number of hydrogen-bond acceptors (Lipinski definition) is 7. The fourth-order valence-corrected chi connectivity index (χ4v) is 4.90. The Morgan fingerprint density at radius 1 is 1.30 bits per heavy atom. The van der Waals surface area contributed by atoms with Gasteiger partial charge in [0.15, 0.2) is 0 Å². The minimum atomic E-state index is -0.143. The van der Waals surface area contributed by atoms with Gasteiger partial charge in [-0.05, 0) is 24.5 Å². The highest BCUT2D eigenvalue weighted by molar-refractivity contribution is 6.43. The molecule has 4 rings (SSSR count). The van der Waals surface area contributed by atoms with E-state index in [0.29, 0.717) is 25.4 Å². The summed E-state index contributed by atoms with van der Waals surface area (Å²) in [6.07, 6.45) is 9.86. The van der Waals surface area contributed by atoms with Gasteiger partial charge >= 0.3 is 0 Å². The molecule has 2 saturated heterocycles. The first-order valence-corrected chi connectivity index (χ1v) is 12.1. The number of piperidine rings is 1. The van der Waals surface area contributed by atoms with Crippen LogP contribution < -0.4 is 10.6 Å². The first-order chi connectivity index (χ1) is 16.1. The highest BCUT2D eigenvalue weighted by atomic mass is 16.5. The number of carbonyl (C=O) groups is 2. The van der Waals surface area contributed by atoms with Crippen LogP contribution in [0.15, 0.2) is 33.8 Å². The third-order valence-electron chi connectivity index (χ3n) is 6.97. The van der Waals surface area contributed by atoms with Gasteiger partial charge in [-0.2, -0.15) is 0 Å². The SMILES string of the molecule is CCC1CC2N=CC(CN3CCN(C4C=CC(C(=O)NCCOC)=NC4)CC3)=CC2NC1=O. The van der Waals surface area contributed by atoms with Crippen LogP contribution in [0.2, 0.25) is 0 Å². The normalized spacial score (nSPS) is 30.3. The zero-order chi connectivity index (χ0) is 23.2. The first kappa shape index (κ1) is 23.8. The van der Waals surface area contributed by atoms with Gasteiger partial charge in [-0.1, -0.05) is 19.1 Å². The Morgan fingerprint density at radius 3 is 2.82 bits per heavy atom. The van der Waals surface area contributed by atoms with Crippen molar-refractivity contribution in [1.82, 2.24) is 20.4 Å². The van der Waals surface area contributed by atoms with E-state index >= 15 is 0 Å². The Kier molecular flexibility index (Phi) is 8.06. The first-order valence-electron chi connectivity index (χ1n) is 12.1. The smallest absolute Gasteiger partial charge is 0.269 e. The summed E-state index contributed by atoms with van der Waals surface area (Å²) in [5, 5.41) is 5.96. The minimum absolute atomic E-state index is 0.0349. The number of ether oxygens (including phenoxy) is 1. The van der Waals surface area contributed by atoms with Crippen molar-refractivity contribution in [2.75, 3.05) is 59.5 Å². The second-order valence-electron chi connectivity index (χ2n) is 9.18. The number of carbonyl (C=O) groups excluding carboxylic acids is 2. The van der Waals surface area contributed by atoms with Crippen LogP contribution >= 0.6 is 0 Å². The van der Waals surface area contributed by atoms with E-state index in [1.807, 2.05) is 12.3 Å². The Balaban J connectivity index is 1.21. The predicted octanol–water partition coefficient (Wildman–Crippen LogP) is 0.0401. The van der Waals surface area contributed by atoms with Crippen LogP contribution in [0.3, 0.4) is 0 Å². The largest absolute Gasteiger partial charge is 0.383 e. The van der Waals surface area contributed by atoms with Crippen molar-refractivity contribution < 1.29 is 14.3 Å². The van der Waals surface area contributed by atoms with Gasteiger partial charge < -0.3 is 15.4 Å². The number of dihydropyridines is 2. The third kappa shape index (κ3) is 5.96. The molecular weight excluding hydrogens is 420 g/mol. The van der Waals surface area contributed by atoms with Gasteiger partial charge in [0.1, 0.15) is 5.71 Å². The van der Waals surface area contributed by atoms with Crippen molar-refractivity contribution >= 4 is 23.7 Å². The van der Waals surface area contributed by atoms with E-state index in [9.17, 15) is 9.59 Å². The molecule has 4 heterocycles. The molecule has 0 bridgehead atoms. The molecular formula is C24H36N6O3. The zero-order valence-corrected chi connectivity index (χ0v) is 19.7. The van der Waals surface area contributed by atoms with E-state index in [1.54, 1.807) is 7.11 Å². The summed E-state index contributed by atoms with van der Waals surface area (Å²) in [5.74, 6) is 0.111. The molecule has 2 fully saturated rings. The van der Waals surface area contributed by atoms with Crippen LogP contribution in [0.4, 0.5) is 0 Å². The second kappa shape index (κ2) is 11.2. The van der Waals surface area contributed by atoms with E-state index in [-0.39, 0.29) is 35.9 Å². The van der Waals surface area contributed by atoms with Crippen molar-refractivity contribution in [2.45, 2.75) is 37.9 Å². The van der Waals surface area contributed by atoms with E-state index in [0.717, 1.165) is 45.6 Å². The molecule has 180 valence electrons. The lowest BCUT2D eigenvalue weighted by Crippen LogP contribution is -2.53. The molecule has 0 radical (unpaired) electrons. The van der Waals surface area contributed by atoms with Crippen LogP contribution in [0, 0.1) is 5.92 Å². The van der Waals surface area contributed by atoms with E-state index in [2.05, 4.69) is 44.5 Å². The van der Waals surface area contributed by atoms with Crippen LogP contribution in [0.25, 0.3) is 0 Å². The topological polar surface area (TPSA) is 98.6 Å². The summed E-state index contributed by atoms with van der Waals surface area (Å²) in [5.41, 5.74) is 1.68. The summed E-state index contributed by atoms with van der Waals surface area (Å²) < 4.78 is 4.96. The Hall–Kier alpha value is -2.36. The maximum Gasteiger partial charge on any atom is 0.269 e. The van der Waals surface area contributed by atoms with E-state index < -0.39 is 0 Å². The lowest BCUT2D eigenvalue weighted by Gasteiger charge is -2.39. The van der Waals surface area contributed by atoms with Crippen molar-refractivity contribution in [3.8, 4) is 0 Å². The predicted molar refractivity (Wildman–Crippen MR) is 129 cm³/mol. The second-order valence-corrected chi connectivity index (χ2v) is 9.18. The molecule has 2 N–H and O–H groups in total. The Bertz CT molecular complexity index is 843. The fourth-order valence-electron chi connectivity index (χ4n) is 4.90. The molecule has 4 atom stereocenters. The summed E-state index contributed by atoms with van der Waals surface area (Å²) >= 11 is 0. The molecule has 0 aromatic carbocycles. The van der Waals surface area contributed by atoms with Crippen LogP contribution in [-0.4, -0.2) is 111 Å². The molecule has 0 aliphatic carbocycles.